The fourth-order valence-corrected chi connectivity index (χ4v) is 2.61. The first-order chi connectivity index (χ1) is 11.1. The van der Waals surface area contributed by atoms with Crippen molar-refractivity contribution in [2.75, 3.05) is 27.9 Å². The largest absolute Gasteiger partial charge is 0.493 e. The first-order valence-corrected chi connectivity index (χ1v) is 7.55. The minimum absolute atomic E-state index is 0. The van der Waals surface area contributed by atoms with Crippen LogP contribution in [-0.2, 0) is 16.1 Å². The topological polar surface area (TPSA) is 92.0 Å². The van der Waals surface area contributed by atoms with Crippen LogP contribution in [0.5, 0.6) is 17.2 Å². The van der Waals surface area contributed by atoms with Crippen LogP contribution in [0.3, 0.4) is 0 Å². The van der Waals surface area contributed by atoms with E-state index in [4.69, 9.17) is 24.7 Å². The number of nitrogens with one attached hydrogen (secondary N) is 1. The van der Waals surface area contributed by atoms with Crippen LogP contribution in [0.15, 0.2) is 12.1 Å². The zero-order valence-corrected chi connectivity index (χ0v) is 15.0. The van der Waals surface area contributed by atoms with Gasteiger partial charge in [0, 0.05) is 13.1 Å². The van der Waals surface area contributed by atoms with Crippen molar-refractivity contribution in [2.24, 2.45) is 5.73 Å². The van der Waals surface area contributed by atoms with Gasteiger partial charge in [-0.1, -0.05) is 0 Å². The zero-order valence-electron chi connectivity index (χ0n) is 14.2. The van der Waals surface area contributed by atoms with E-state index in [2.05, 4.69) is 5.32 Å². The Bertz CT molecular complexity index is 530. The van der Waals surface area contributed by atoms with Crippen molar-refractivity contribution in [2.45, 2.75) is 31.6 Å². The van der Waals surface area contributed by atoms with Crippen molar-refractivity contribution in [1.29, 1.82) is 0 Å². The molecule has 3 N–H and O–H groups in total. The number of carbonyl (C=O) groups is 1. The molecule has 0 spiro atoms. The molecule has 24 heavy (non-hydrogen) atoms. The molecule has 0 saturated carbocycles. The summed E-state index contributed by atoms with van der Waals surface area (Å²) in [5, 5.41) is 2.87. The third kappa shape index (κ3) is 4.66. The Morgan fingerprint density at radius 2 is 1.83 bits per heavy atom. The standard InChI is InChI=1S/C16H24N2O5.ClH/c1-20-13-6-10(7-14(21-2)15(13)22-3)9-18-16(19)12-5-4-11(8-17)23-12;/h6-7,11-12H,4-5,8-9,17H2,1-3H3,(H,18,19);1H/t11-,12+;/m1./s1. The van der Waals surface area contributed by atoms with Crippen molar-refractivity contribution in [1.82, 2.24) is 5.32 Å². The summed E-state index contributed by atoms with van der Waals surface area (Å²) < 4.78 is 21.5. The Balaban J connectivity index is 0.00000288. The number of rotatable bonds is 7. The number of nitrogens with two attached hydrogens (primary N) is 1. The van der Waals surface area contributed by atoms with E-state index in [9.17, 15) is 4.79 Å². The van der Waals surface area contributed by atoms with E-state index >= 15 is 0 Å². The normalized spacial score (nSPS) is 19.3. The van der Waals surface area contributed by atoms with Crippen molar-refractivity contribution >= 4 is 18.3 Å². The van der Waals surface area contributed by atoms with Gasteiger partial charge < -0.3 is 30.0 Å². The highest BCUT2D eigenvalue weighted by Gasteiger charge is 2.29. The molecule has 1 amide bonds. The van der Waals surface area contributed by atoms with Gasteiger partial charge in [-0.25, -0.2) is 0 Å². The molecule has 1 aromatic carbocycles. The van der Waals surface area contributed by atoms with Gasteiger partial charge >= 0.3 is 0 Å². The number of benzene rings is 1. The summed E-state index contributed by atoms with van der Waals surface area (Å²) in [6, 6.07) is 3.61. The summed E-state index contributed by atoms with van der Waals surface area (Å²) >= 11 is 0. The third-order valence-electron chi connectivity index (χ3n) is 3.85. The molecule has 136 valence electrons. The molecular weight excluding hydrogens is 336 g/mol. The number of halogens is 1. The van der Waals surface area contributed by atoms with Gasteiger partial charge in [0.2, 0.25) is 11.7 Å². The highest BCUT2D eigenvalue weighted by Crippen LogP contribution is 2.38. The minimum Gasteiger partial charge on any atom is -0.493 e. The second-order valence-corrected chi connectivity index (χ2v) is 5.31. The van der Waals surface area contributed by atoms with Gasteiger partial charge in [-0.3, -0.25) is 4.79 Å². The number of methoxy groups -OCH3 is 3. The molecule has 8 heteroatoms. The number of hydrogen-bond donors (Lipinski definition) is 2. The van der Waals surface area contributed by atoms with E-state index in [0.717, 1.165) is 12.0 Å². The fraction of sp³-hybridized carbons (Fsp3) is 0.562. The molecule has 0 aromatic heterocycles. The molecule has 0 aliphatic carbocycles. The lowest BCUT2D eigenvalue weighted by molar-refractivity contribution is -0.132. The Morgan fingerprint density at radius 1 is 1.21 bits per heavy atom. The maximum absolute atomic E-state index is 12.1. The average molecular weight is 361 g/mol. The average Bonchev–Trinajstić information content (AvgIpc) is 3.07. The molecule has 1 aromatic rings. The maximum Gasteiger partial charge on any atom is 0.249 e. The van der Waals surface area contributed by atoms with Gasteiger partial charge in [-0.2, -0.15) is 0 Å². The van der Waals surface area contributed by atoms with E-state index in [1.54, 1.807) is 33.5 Å². The van der Waals surface area contributed by atoms with E-state index in [1.165, 1.54) is 0 Å². The number of amides is 1. The summed E-state index contributed by atoms with van der Waals surface area (Å²) in [7, 11) is 4.66. The van der Waals surface area contributed by atoms with Crippen molar-refractivity contribution in [3.8, 4) is 17.2 Å². The third-order valence-corrected chi connectivity index (χ3v) is 3.85. The number of hydrogen-bond acceptors (Lipinski definition) is 6. The SMILES string of the molecule is COc1cc(CNC(=O)[C@@H]2CC[C@H](CN)O2)cc(OC)c1OC.Cl. The van der Waals surface area contributed by atoms with Gasteiger partial charge in [-0.15, -0.1) is 12.4 Å². The van der Waals surface area contributed by atoms with Crippen LogP contribution in [0.1, 0.15) is 18.4 Å². The molecule has 1 saturated heterocycles. The van der Waals surface area contributed by atoms with Gasteiger partial charge in [0.05, 0.1) is 27.4 Å². The maximum atomic E-state index is 12.1. The van der Waals surface area contributed by atoms with Gasteiger partial charge in [0.25, 0.3) is 0 Å². The van der Waals surface area contributed by atoms with Crippen LogP contribution >= 0.6 is 12.4 Å². The summed E-state index contributed by atoms with van der Waals surface area (Å²) in [6.45, 7) is 0.791. The summed E-state index contributed by atoms with van der Waals surface area (Å²) in [6.07, 6.45) is 1.07. The molecule has 1 aliphatic rings. The molecule has 2 atom stereocenters. The predicted octanol–water partition coefficient (Wildman–Crippen LogP) is 1.26. The quantitative estimate of drug-likeness (QED) is 0.760. The fourth-order valence-electron chi connectivity index (χ4n) is 2.61. The molecule has 1 fully saturated rings. The number of carbonyl (C=O) groups excluding carboxylic acids is 1. The predicted molar refractivity (Wildman–Crippen MR) is 92.1 cm³/mol. The monoisotopic (exact) mass is 360 g/mol. The lowest BCUT2D eigenvalue weighted by atomic mass is 10.1. The molecule has 1 aliphatic heterocycles. The summed E-state index contributed by atoms with van der Waals surface area (Å²) in [5.74, 6) is 1.50. The molecular formula is C16H25ClN2O5. The van der Waals surface area contributed by atoms with E-state index < -0.39 is 6.10 Å². The van der Waals surface area contributed by atoms with Crippen LogP contribution in [0.2, 0.25) is 0 Å². The molecule has 0 radical (unpaired) electrons. The molecule has 7 nitrogen and oxygen atoms in total. The van der Waals surface area contributed by atoms with Crippen LogP contribution in [0.4, 0.5) is 0 Å². The van der Waals surface area contributed by atoms with Gasteiger partial charge in [0.15, 0.2) is 11.5 Å². The first kappa shape index (κ1) is 20.3. The smallest absolute Gasteiger partial charge is 0.249 e. The van der Waals surface area contributed by atoms with E-state index in [-0.39, 0.29) is 24.4 Å². The van der Waals surface area contributed by atoms with Crippen molar-refractivity contribution in [3.63, 3.8) is 0 Å². The summed E-state index contributed by atoms with van der Waals surface area (Å²) in [4.78, 5) is 12.1. The van der Waals surface area contributed by atoms with E-state index in [0.29, 0.717) is 36.8 Å². The van der Waals surface area contributed by atoms with Crippen molar-refractivity contribution < 1.29 is 23.7 Å². The van der Waals surface area contributed by atoms with Crippen LogP contribution in [0, 0.1) is 0 Å². The lowest BCUT2D eigenvalue weighted by Crippen LogP contribution is -2.35. The lowest BCUT2D eigenvalue weighted by Gasteiger charge is -2.16. The van der Waals surface area contributed by atoms with Gasteiger partial charge in [0.1, 0.15) is 6.10 Å². The molecule has 2 rings (SSSR count). The Morgan fingerprint density at radius 3 is 2.29 bits per heavy atom. The Hall–Kier alpha value is -1.70. The van der Waals surface area contributed by atoms with Crippen molar-refractivity contribution in [3.05, 3.63) is 17.7 Å². The molecule has 0 bridgehead atoms. The summed E-state index contributed by atoms with van der Waals surface area (Å²) in [5.41, 5.74) is 6.40. The molecule has 0 unspecified atom stereocenters. The first-order valence-electron chi connectivity index (χ1n) is 7.55. The second kappa shape index (κ2) is 9.56. The molecule has 1 heterocycles. The second-order valence-electron chi connectivity index (χ2n) is 5.31. The Labute approximate surface area is 148 Å². The highest BCUT2D eigenvalue weighted by atomic mass is 35.5. The van der Waals surface area contributed by atoms with Crippen LogP contribution < -0.4 is 25.3 Å². The Kier molecular flexibility index (Phi) is 8.10. The van der Waals surface area contributed by atoms with Crippen LogP contribution in [-0.4, -0.2) is 46.0 Å². The highest BCUT2D eigenvalue weighted by molar-refractivity contribution is 5.85. The van der Waals surface area contributed by atoms with Crippen LogP contribution in [0.25, 0.3) is 0 Å². The number of ether oxygens (including phenoxy) is 4. The van der Waals surface area contributed by atoms with E-state index in [1.807, 2.05) is 0 Å². The minimum atomic E-state index is -0.425. The zero-order chi connectivity index (χ0) is 16.8. The van der Waals surface area contributed by atoms with Gasteiger partial charge in [-0.05, 0) is 30.5 Å².